The lowest BCUT2D eigenvalue weighted by molar-refractivity contribution is -0.127. The normalized spacial score (nSPS) is 35.9. The van der Waals surface area contributed by atoms with Crippen molar-refractivity contribution >= 4 is 5.91 Å². The Kier molecular flexibility index (Phi) is 5.68. The number of carbonyl (C=O) groups excluding carboxylic acids is 1. The first kappa shape index (κ1) is 14.8. The lowest BCUT2D eigenvalue weighted by Gasteiger charge is -2.32. The van der Waals surface area contributed by atoms with E-state index in [9.17, 15) is 4.79 Å². The van der Waals surface area contributed by atoms with Crippen LogP contribution in [0.25, 0.3) is 0 Å². The van der Waals surface area contributed by atoms with Crippen molar-refractivity contribution < 1.29 is 4.79 Å². The van der Waals surface area contributed by atoms with Crippen LogP contribution in [0.1, 0.15) is 64.7 Å². The summed E-state index contributed by atoms with van der Waals surface area (Å²) in [5.41, 5.74) is 5.70. The lowest BCUT2D eigenvalue weighted by atomic mass is 9.80. The number of nitrogens with one attached hydrogen (secondary N) is 1. The predicted molar refractivity (Wildman–Crippen MR) is 78.7 cm³/mol. The molecule has 0 radical (unpaired) electrons. The Labute approximate surface area is 117 Å². The van der Waals surface area contributed by atoms with Crippen molar-refractivity contribution in [2.24, 2.45) is 23.5 Å². The van der Waals surface area contributed by atoms with E-state index in [0.717, 1.165) is 38.1 Å². The Hall–Kier alpha value is -0.570. The summed E-state index contributed by atoms with van der Waals surface area (Å²) >= 11 is 0. The van der Waals surface area contributed by atoms with Crippen molar-refractivity contribution in [2.45, 2.75) is 70.8 Å². The summed E-state index contributed by atoms with van der Waals surface area (Å²) in [6.45, 7) is 3.05. The van der Waals surface area contributed by atoms with Crippen LogP contribution >= 0.6 is 0 Å². The number of hydrogen-bond donors (Lipinski definition) is 2. The molecule has 2 saturated carbocycles. The van der Waals surface area contributed by atoms with Crippen LogP contribution in [0, 0.1) is 17.8 Å². The van der Waals surface area contributed by atoms with Gasteiger partial charge in [0.1, 0.15) is 0 Å². The van der Waals surface area contributed by atoms with Crippen molar-refractivity contribution in [2.75, 3.05) is 6.54 Å². The first-order valence-corrected chi connectivity index (χ1v) is 8.23. The van der Waals surface area contributed by atoms with Gasteiger partial charge in [-0.15, -0.1) is 0 Å². The van der Waals surface area contributed by atoms with E-state index in [2.05, 4.69) is 12.2 Å². The zero-order valence-corrected chi connectivity index (χ0v) is 12.4. The minimum atomic E-state index is 0.254. The molecule has 2 atom stereocenters. The third kappa shape index (κ3) is 4.20. The van der Waals surface area contributed by atoms with Crippen molar-refractivity contribution in [3.05, 3.63) is 0 Å². The maximum absolute atomic E-state index is 12.3. The maximum atomic E-state index is 12.3. The summed E-state index contributed by atoms with van der Waals surface area (Å²) in [7, 11) is 0. The standard InChI is InChI=1S/C16H30N2O/c1-2-12-4-3-5-15(10-12)18-16(19)14-8-6-13(11-17)7-9-14/h12-15H,2-11,17H2,1H3,(H,18,19). The van der Waals surface area contributed by atoms with Gasteiger partial charge < -0.3 is 11.1 Å². The second kappa shape index (κ2) is 7.28. The highest BCUT2D eigenvalue weighted by atomic mass is 16.1. The molecule has 0 bridgehead atoms. The molecule has 0 aromatic carbocycles. The fourth-order valence-corrected chi connectivity index (χ4v) is 3.77. The third-order valence-corrected chi connectivity index (χ3v) is 5.26. The van der Waals surface area contributed by atoms with Crippen LogP contribution in [0.15, 0.2) is 0 Å². The van der Waals surface area contributed by atoms with Crippen molar-refractivity contribution in [3.63, 3.8) is 0 Å². The van der Waals surface area contributed by atoms with Crippen LogP contribution in [0.2, 0.25) is 0 Å². The van der Waals surface area contributed by atoms with E-state index in [0.29, 0.717) is 17.9 Å². The number of hydrogen-bond acceptors (Lipinski definition) is 2. The van der Waals surface area contributed by atoms with Gasteiger partial charge in [-0.1, -0.05) is 26.2 Å². The minimum Gasteiger partial charge on any atom is -0.353 e. The largest absolute Gasteiger partial charge is 0.353 e. The molecule has 3 nitrogen and oxygen atoms in total. The quantitative estimate of drug-likeness (QED) is 0.822. The van der Waals surface area contributed by atoms with E-state index in [1.54, 1.807) is 0 Å². The van der Waals surface area contributed by atoms with E-state index in [1.807, 2.05) is 0 Å². The molecule has 3 heteroatoms. The molecule has 19 heavy (non-hydrogen) atoms. The topological polar surface area (TPSA) is 55.1 Å². The molecule has 2 rings (SSSR count). The van der Waals surface area contributed by atoms with Gasteiger partial charge in [0.15, 0.2) is 0 Å². The van der Waals surface area contributed by atoms with E-state index in [1.165, 1.54) is 32.1 Å². The van der Waals surface area contributed by atoms with Crippen molar-refractivity contribution in [1.82, 2.24) is 5.32 Å². The first-order chi connectivity index (χ1) is 9.22. The van der Waals surface area contributed by atoms with Crippen LogP contribution in [-0.2, 0) is 4.79 Å². The molecule has 0 aromatic rings. The maximum Gasteiger partial charge on any atom is 0.223 e. The van der Waals surface area contributed by atoms with E-state index < -0.39 is 0 Å². The summed E-state index contributed by atoms with van der Waals surface area (Å²) < 4.78 is 0. The van der Waals surface area contributed by atoms with Gasteiger partial charge in [0, 0.05) is 12.0 Å². The summed E-state index contributed by atoms with van der Waals surface area (Å²) in [5.74, 6) is 2.05. The van der Waals surface area contributed by atoms with Gasteiger partial charge in [-0.3, -0.25) is 4.79 Å². The van der Waals surface area contributed by atoms with E-state index in [4.69, 9.17) is 5.73 Å². The zero-order valence-electron chi connectivity index (χ0n) is 12.4. The minimum absolute atomic E-state index is 0.254. The molecule has 2 aliphatic rings. The van der Waals surface area contributed by atoms with Gasteiger partial charge in [-0.2, -0.15) is 0 Å². The average Bonchev–Trinajstić information content (AvgIpc) is 2.47. The predicted octanol–water partition coefficient (Wildman–Crippen LogP) is 2.84. The van der Waals surface area contributed by atoms with Gasteiger partial charge in [-0.05, 0) is 56.9 Å². The molecule has 0 spiro atoms. The van der Waals surface area contributed by atoms with Crippen LogP contribution in [0.5, 0.6) is 0 Å². The second-order valence-corrected chi connectivity index (χ2v) is 6.60. The molecule has 2 unspecified atom stereocenters. The van der Waals surface area contributed by atoms with Crippen LogP contribution in [-0.4, -0.2) is 18.5 Å². The molecule has 2 fully saturated rings. The fourth-order valence-electron chi connectivity index (χ4n) is 3.77. The van der Waals surface area contributed by atoms with Gasteiger partial charge in [0.25, 0.3) is 0 Å². The molecule has 3 N–H and O–H groups in total. The Morgan fingerprint density at radius 1 is 1.11 bits per heavy atom. The number of carbonyl (C=O) groups is 1. The summed E-state index contributed by atoms with van der Waals surface area (Å²) in [6, 6.07) is 0.443. The van der Waals surface area contributed by atoms with Crippen LogP contribution < -0.4 is 11.1 Å². The monoisotopic (exact) mass is 266 g/mol. The molecule has 0 aliphatic heterocycles. The Morgan fingerprint density at radius 2 is 1.84 bits per heavy atom. The molecular formula is C16H30N2O. The van der Waals surface area contributed by atoms with Gasteiger partial charge in [0.2, 0.25) is 5.91 Å². The van der Waals surface area contributed by atoms with Gasteiger partial charge in [-0.25, -0.2) is 0 Å². The van der Waals surface area contributed by atoms with E-state index >= 15 is 0 Å². The first-order valence-electron chi connectivity index (χ1n) is 8.23. The average molecular weight is 266 g/mol. The SMILES string of the molecule is CCC1CCCC(NC(=O)C2CCC(CN)CC2)C1. The molecule has 0 heterocycles. The van der Waals surface area contributed by atoms with E-state index in [-0.39, 0.29) is 5.92 Å². The number of amides is 1. The molecular weight excluding hydrogens is 236 g/mol. The molecule has 2 aliphatic carbocycles. The molecule has 0 aromatic heterocycles. The highest BCUT2D eigenvalue weighted by Crippen LogP contribution is 2.30. The number of rotatable bonds is 4. The molecule has 110 valence electrons. The molecule has 1 amide bonds. The van der Waals surface area contributed by atoms with Gasteiger partial charge in [0.05, 0.1) is 0 Å². The second-order valence-electron chi connectivity index (χ2n) is 6.60. The van der Waals surface area contributed by atoms with Crippen LogP contribution in [0.4, 0.5) is 0 Å². The zero-order chi connectivity index (χ0) is 13.7. The Bertz CT molecular complexity index is 284. The smallest absolute Gasteiger partial charge is 0.223 e. The lowest BCUT2D eigenvalue weighted by Crippen LogP contribution is -2.42. The Morgan fingerprint density at radius 3 is 2.47 bits per heavy atom. The van der Waals surface area contributed by atoms with Crippen molar-refractivity contribution in [1.29, 1.82) is 0 Å². The molecule has 0 saturated heterocycles. The van der Waals surface area contributed by atoms with Crippen LogP contribution in [0.3, 0.4) is 0 Å². The third-order valence-electron chi connectivity index (χ3n) is 5.26. The highest BCUT2D eigenvalue weighted by Gasteiger charge is 2.28. The summed E-state index contributed by atoms with van der Waals surface area (Å²) in [4.78, 5) is 12.3. The summed E-state index contributed by atoms with van der Waals surface area (Å²) in [5, 5.41) is 3.32. The van der Waals surface area contributed by atoms with Crippen molar-refractivity contribution in [3.8, 4) is 0 Å². The van der Waals surface area contributed by atoms with Gasteiger partial charge >= 0.3 is 0 Å². The number of nitrogens with two attached hydrogens (primary N) is 1. The Balaban J connectivity index is 1.75. The summed E-state index contributed by atoms with van der Waals surface area (Å²) in [6.07, 6.45) is 10.6. The fraction of sp³-hybridized carbons (Fsp3) is 0.938. The highest BCUT2D eigenvalue weighted by molar-refractivity contribution is 5.79.